The number of nitriles is 1. The molecule has 0 saturated heterocycles. The summed E-state index contributed by atoms with van der Waals surface area (Å²) in [5.41, 5.74) is 0.421. The number of hydrogen-bond donors (Lipinski definition) is 2. The monoisotopic (exact) mass is 214 g/mol. The molecule has 0 aliphatic carbocycles. The molecule has 1 aromatic carbocycles. The summed E-state index contributed by atoms with van der Waals surface area (Å²) in [7, 11) is 0. The molecule has 2 N–H and O–H groups in total. The molecule has 0 unspecified atom stereocenters. The zero-order valence-corrected chi connectivity index (χ0v) is 10.0. The summed E-state index contributed by atoms with van der Waals surface area (Å²) in [6.07, 6.45) is 0. The average molecular weight is 214 g/mol. The SMILES string of the molecule is N#Cc1ccccc1NC(=O)C(=O)O.[H-].[Na+]. The molecular weight excluding hydrogens is 207 g/mol. The first kappa shape index (κ1) is 13.7. The van der Waals surface area contributed by atoms with Crippen LogP contribution in [0, 0.1) is 11.3 Å². The van der Waals surface area contributed by atoms with Crippen molar-refractivity contribution in [2.24, 2.45) is 0 Å². The standard InChI is InChI=1S/C9H6N2O3.Na.H/c10-5-6-3-1-2-4-7(6)11-8(12)9(13)14;;/h1-4H,(H,11,12)(H,13,14);;/q;+1;-1. The van der Waals surface area contributed by atoms with Gasteiger partial charge < -0.3 is 11.8 Å². The van der Waals surface area contributed by atoms with E-state index in [4.69, 9.17) is 10.4 Å². The zero-order chi connectivity index (χ0) is 10.6. The average Bonchev–Trinajstić information content (AvgIpc) is 2.18. The minimum atomic E-state index is -1.59. The number of rotatable bonds is 1. The number of aliphatic carboxylic acids is 1. The van der Waals surface area contributed by atoms with Crippen LogP contribution in [0.2, 0.25) is 0 Å². The topological polar surface area (TPSA) is 90.2 Å². The van der Waals surface area contributed by atoms with Crippen LogP contribution in [0.3, 0.4) is 0 Å². The minimum absolute atomic E-state index is 0. The summed E-state index contributed by atoms with van der Waals surface area (Å²) in [4.78, 5) is 21.0. The Bertz CT molecular complexity index is 431. The third-order valence-corrected chi connectivity index (χ3v) is 1.49. The summed E-state index contributed by atoms with van der Waals surface area (Å²) in [5.74, 6) is -2.74. The maximum absolute atomic E-state index is 10.8. The molecule has 6 heteroatoms. The third-order valence-electron chi connectivity index (χ3n) is 1.49. The molecule has 0 atom stereocenters. The first-order chi connectivity index (χ1) is 6.65. The number of carboxylic acid groups (broad SMARTS) is 1. The molecule has 1 aromatic rings. The van der Waals surface area contributed by atoms with E-state index in [2.05, 4.69) is 5.32 Å². The Morgan fingerprint density at radius 2 is 2.00 bits per heavy atom. The van der Waals surface area contributed by atoms with Gasteiger partial charge in [0.1, 0.15) is 6.07 Å². The molecule has 0 saturated carbocycles. The fraction of sp³-hybridized carbons (Fsp3) is 0. The van der Waals surface area contributed by atoms with Crippen molar-refractivity contribution in [1.82, 2.24) is 0 Å². The molecule has 0 aromatic heterocycles. The van der Waals surface area contributed by atoms with Crippen molar-refractivity contribution in [2.75, 3.05) is 5.32 Å². The van der Waals surface area contributed by atoms with E-state index in [0.717, 1.165) is 0 Å². The number of carbonyl (C=O) groups excluding carboxylic acids is 1. The maximum Gasteiger partial charge on any atom is 1.00 e. The van der Waals surface area contributed by atoms with Gasteiger partial charge in [0, 0.05) is 0 Å². The van der Waals surface area contributed by atoms with E-state index in [1.165, 1.54) is 12.1 Å². The van der Waals surface area contributed by atoms with Crippen LogP contribution in [0.5, 0.6) is 0 Å². The van der Waals surface area contributed by atoms with Gasteiger partial charge in [-0.1, -0.05) is 12.1 Å². The fourth-order valence-corrected chi connectivity index (χ4v) is 0.865. The number of anilines is 1. The van der Waals surface area contributed by atoms with Crippen LogP contribution in [0.25, 0.3) is 0 Å². The Kier molecular flexibility index (Phi) is 5.64. The summed E-state index contributed by atoms with van der Waals surface area (Å²) in [5, 5.41) is 19.0. The van der Waals surface area contributed by atoms with Gasteiger partial charge in [-0.3, -0.25) is 4.79 Å². The predicted molar refractivity (Wildman–Crippen MR) is 48.5 cm³/mol. The van der Waals surface area contributed by atoms with Gasteiger partial charge in [0.25, 0.3) is 0 Å². The van der Waals surface area contributed by atoms with E-state index < -0.39 is 11.9 Å². The largest absolute Gasteiger partial charge is 1.00 e. The third kappa shape index (κ3) is 3.72. The van der Waals surface area contributed by atoms with Crippen molar-refractivity contribution in [2.45, 2.75) is 0 Å². The van der Waals surface area contributed by atoms with Gasteiger partial charge in [0.15, 0.2) is 0 Å². The number of hydrogen-bond acceptors (Lipinski definition) is 3. The van der Waals surface area contributed by atoms with E-state index in [1.54, 1.807) is 12.1 Å². The molecule has 0 bridgehead atoms. The number of nitrogens with one attached hydrogen (secondary N) is 1. The molecule has 0 aliphatic heterocycles. The number of carbonyl (C=O) groups is 2. The number of para-hydroxylation sites is 1. The van der Waals surface area contributed by atoms with Crippen molar-refractivity contribution >= 4 is 17.6 Å². The van der Waals surface area contributed by atoms with Crippen LogP contribution in [0.1, 0.15) is 6.99 Å². The molecular formula is C9H7N2NaO3. The summed E-state index contributed by atoms with van der Waals surface area (Å²) in [6, 6.07) is 7.99. The predicted octanol–water partition coefficient (Wildman–Crippen LogP) is -2.30. The minimum Gasteiger partial charge on any atom is -1.00 e. The molecule has 5 nitrogen and oxygen atoms in total. The van der Waals surface area contributed by atoms with E-state index in [1.807, 2.05) is 6.07 Å². The van der Waals surface area contributed by atoms with E-state index >= 15 is 0 Å². The van der Waals surface area contributed by atoms with Crippen molar-refractivity contribution in [1.29, 1.82) is 5.26 Å². The normalized spacial score (nSPS) is 8.20. The fourth-order valence-electron chi connectivity index (χ4n) is 0.865. The molecule has 0 spiro atoms. The zero-order valence-electron chi connectivity index (χ0n) is 9.02. The molecule has 0 aliphatic rings. The number of amides is 1. The Morgan fingerprint density at radius 1 is 1.40 bits per heavy atom. The van der Waals surface area contributed by atoms with Gasteiger partial charge in [0.05, 0.1) is 11.3 Å². The van der Waals surface area contributed by atoms with Crippen LogP contribution in [-0.4, -0.2) is 17.0 Å². The van der Waals surface area contributed by atoms with Crippen molar-refractivity contribution < 1.29 is 45.7 Å². The maximum atomic E-state index is 10.8. The molecule has 15 heavy (non-hydrogen) atoms. The number of benzene rings is 1. The number of carboxylic acids is 1. The first-order valence-corrected chi connectivity index (χ1v) is 3.68. The van der Waals surface area contributed by atoms with E-state index in [9.17, 15) is 9.59 Å². The van der Waals surface area contributed by atoms with Gasteiger partial charge in [-0.05, 0) is 12.1 Å². The van der Waals surface area contributed by atoms with E-state index in [0.29, 0.717) is 0 Å². The molecule has 0 heterocycles. The summed E-state index contributed by atoms with van der Waals surface area (Å²) >= 11 is 0. The second kappa shape index (κ2) is 6.19. The van der Waals surface area contributed by atoms with Crippen molar-refractivity contribution in [3.8, 4) is 6.07 Å². The molecule has 0 fully saturated rings. The first-order valence-electron chi connectivity index (χ1n) is 3.68. The molecule has 0 radical (unpaired) electrons. The second-order valence-corrected chi connectivity index (χ2v) is 2.42. The quantitative estimate of drug-likeness (QED) is 0.406. The van der Waals surface area contributed by atoms with Crippen LogP contribution in [-0.2, 0) is 9.59 Å². The van der Waals surface area contributed by atoms with Crippen molar-refractivity contribution in [3.05, 3.63) is 29.8 Å². The second-order valence-electron chi connectivity index (χ2n) is 2.42. The van der Waals surface area contributed by atoms with Crippen LogP contribution in [0.4, 0.5) is 5.69 Å². The Balaban J connectivity index is 0. The van der Waals surface area contributed by atoms with Gasteiger partial charge in [-0.15, -0.1) is 0 Å². The van der Waals surface area contributed by atoms with Gasteiger partial charge >= 0.3 is 41.4 Å². The Morgan fingerprint density at radius 3 is 2.53 bits per heavy atom. The molecule has 72 valence electrons. The number of nitrogens with zero attached hydrogens (tertiary/aromatic N) is 1. The van der Waals surface area contributed by atoms with Gasteiger partial charge in [-0.2, -0.15) is 5.26 Å². The van der Waals surface area contributed by atoms with Crippen molar-refractivity contribution in [3.63, 3.8) is 0 Å². The van der Waals surface area contributed by atoms with E-state index in [-0.39, 0.29) is 42.2 Å². The summed E-state index contributed by atoms with van der Waals surface area (Å²) in [6.45, 7) is 0. The van der Waals surface area contributed by atoms with Crippen LogP contribution < -0.4 is 34.9 Å². The Hall–Kier alpha value is -1.35. The van der Waals surface area contributed by atoms with Gasteiger partial charge in [-0.25, -0.2) is 4.79 Å². The molecule has 1 rings (SSSR count). The smallest absolute Gasteiger partial charge is 1.00 e. The van der Waals surface area contributed by atoms with Gasteiger partial charge in [0.2, 0.25) is 0 Å². The summed E-state index contributed by atoms with van der Waals surface area (Å²) < 4.78 is 0. The molecule has 1 amide bonds. The van der Waals surface area contributed by atoms with Crippen LogP contribution in [0.15, 0.2) is 24.3 Å². The Labute approximate surface area is 109 Å². The van der Waals surface area contributed by atoms with Crippen LogP contribution >= 0.6 is 0 Å².